The largest absolute Gasteiger partial charge is 0.366 e. The van der Waals surface area contributed by atoms with E-state index in [1.807, 2.05) is 42.5 Å². The molecule has 0 fully saturated rings. The molecular weight excluding hydrogens is 346 g/mol. The lowest BCUT2D eigenvalue weighted by Gasteiger charge is -2.10. The molecule has 4 nitrogen and oxygen atoms in total. The maximum absolute atomic E-state index is 12.0. The maximum atomic E-state index is 12.0. The van der Waals surface area contributed by atoms with Crippen molar-refractivity contribution in [1.82, 2.24) is 4.57 Å². The molecule has 2 N–H and O–H groups in total. The predicted molar refractivity (Wildman–Crippen MR) is 111 cm³/mol. The van der Waals surface area contributed by atoms with Crippen LogP contribution in [0, 0.1) is 17.4 Å². The molecule has 0 bridgehead atoms. The zero-order chi connectivity index (χ0) is 19.8. The molecule has 1 aromatic heterocycles. The molecule has 28 heavy (non-hydrogen) atoms. The van der Waals surface area contributed by atoms with Crippen molar-refractivity contribution < 1.29 is 4.79 Å². The summed E-state index contributed by atoms with van der Waals surface area (Å²) in [4.78, 5) is 12.0. The quantitative estimate of drug-likeness (QED) is 0.567. The number of hydrogen-bond donors (Lipinski definition) is 1. The van der Waals surface area contributed by atoms with E-state index in [0.29, 0.717) is 23.6 Å². The fourth-order valence-corrected chi connectivity index (χ4v) is 3.65. The van der Waals surface area contributed by atoms with E-state index >= 15 is 0 Å². The number of nitrogens with zero attached hydrogens (tertiary/aromatic N) is 2. The van der Waals surface area contributed by atoms with Crippen molar-refractivity contribution in [2.45, 2.75) is 26.3 Å². The van der Waals surface area contributed by atoms with E-state index in [0.717, 1.165) is 27.4 Å². The topological polar surface area (TPSA) is 71.8 Å². The van der Waals surface area contributed by atoms with Crippen LogP contribution in [0.3, 0.4) is 0 Å². The van der Waals surface area contributed by atoms with Crippen molar-refractivity contribution in [3.05, 3.63) is 82.9 Å². The van der Waals surface area contributed by atoms with Gasteiger partial charge in [0.2, 0.25) is 5.91 Å². The van der Waals surface area contributed by atoms with Crippen LogP contribution in [0.4, 0.5) is 0 Å². The molecule has 1 heterocycles. The number of aromatic nitrogens is 1. The molecule has 1 amide bonds. The van der Waals surface area contributed by atoms with Crippen LogP contribution in [0.15, 0.2) is 54.6 Å². The minimum Gasteiger partial charge on any atom is -0.366 e. The molecule has 4 heteroatoms. The number of benzene rings is 3. The van der Waals surface area contributed by atoms with E-state index in [1.165, 1.54) is 5.56 Å². The first-order valence-corrected chi connectivity index (χ1v) is 9.25. The van der Waals surface area contributed by atoms with Crippen LogP contribution in [-0.4, -0.2) is 10.5 Å². The number of rotatable bonds is 4. The molecule has 0 aliphatic heterocycles. The van der Waals surface area contributed by atoms with Gasteiger partial charge in [-0.05, 0) is 53.4 Å². The average molecular weight is 366 g/mol. The summed E-state index contributed by atoms with van der Waals surface area (Å²) in [6.45, 7) is 4.93. The molecule has 3 aromatic carbocycles. The van der Waals surface area contributed by atoms with E-state index < -0.39 is 5.91 Å². The minimum atomic E-state index is -0.440. The van der Waals surface area contributed by atoms with Crippen LogP contribution >= 0.6 is 0 Å². The first-order chi connectivity index (χ1) is 13.5. The summed E-state index contributed by atoms with van der Waals surface area (Å²) in [5, 5.41) is 10.8. The van der Waals surface area contributed by atoms with Gasteiger partial charge >= 0.3 is 0 Å². The normalized spacial score (nSPS) is 11.2. The van der Waals surface area contributed by atoms with Crippen molar-refractivity contribution in [3.63, 3.8) is 0 Å². The Morgan fingerprint density at radius 2 is 1.93 bits per heavy atom. The molecule has 0 spiro atoms. The molecule has 137 valence electrons. The Morgan fingerprint density at radius 1 is 1.18 bits per heavy atom. The standard InChI is InChI=1S/C24H20N3O/c1-15(2)18-10-11-19-22(12-18)27(14-17-8-6-16(13-25)7-9-17)21-5-3-4-20(23(19)21)24(26)28/h3-10,12,15H,14H2,1-2H3,(H2,26,28). The second kappa shape index (κ2) is 6.86. The molecule has 0 atom stereocenters. The number of hydrogen-bond acceptors (Lipinski definition) is 2. The van der Waals surface area contributed by atoms with E-state index in [2.05, 4.69) is 36.6 Å². The van der Waals surface area contributed by atoms with Crippen LogP contribution in [0.25, 0.3) is 21.8 Å². The summed E-state index contributed by atoms with van der Waals surface area (Å²) in [6, 6.07) is 22.9. The lowest BCUT2D eigenvalue weighted by molar-refractivity contribution is 0.100. The zero-order valence-corrected chi connectivity index (χ0v) is 15.9. The summed E-state index contributed by atoms with van der Waals surface area (Å²) in [7, 11) is 0. The number of carbonyl (C=O) groups is 1. The first-order valence-electron chi connectivity index (χ1n) is 9.25. The molecule has 1 radical (unpaired) electrons. The second-order valence-corrected chi connectivity index (χ2v) is 7.31. The monoisotopic (exact) mass is 366 g/mol. The van der Waals surface area contributed by atoms with Crippen molar-refractivity contribution in [1.29, 1.82) is 5.26 Å². The third-order valence-electron chi connectivity index (χ3n) is 5.17. The van der Waals surface area contributed by atoms with Gasteiger partial charge in [-0.25, -0.2) is 0 Å². The van der Waals surface area contributed by atoms with Gasteiger partial charge in [0.15, 0.2) is 0 Å². The zero-order valence-electron chi connectivity index (χ0n) is 15.9. The highest BCUT2D eigenvalue weighted by Crippen LogP contribution is 2.33. The van der Waals surface area contributed by atoms with Crippen LogP contribution in [-0.2, 0) is 6.54 Å². The van der Waals surface area contributed by atoms with Crippen LogP contribution in [0.5, 0.6) is 0 Å². The maximum Gasteiger partial charge on any atom is 0.249 e. The van der Waals surface area contributed by atoms with E-state index in [9.17, 15) is 4.79 Å². The highest BCUT2D eigenvalue weighted by atomic mass is 16.1. The SMILES string of the molecule is CC(C)c1c[c]c2c3c(C(N)=O)cccc3n(Cc3ccc(C#N)cc3)c2c1. The number of nitriles is 1. The number of nitrogens with two attached hydrogens (primary N) is 1. The molecule has 0 unspecified atom stereocenters. The Hall–Kier alpha value is -3.58. The van der Waals surface area contributed by atoms with E-state index in [-0.39, 0.29) is 0 Å². The molecule has 4 rings (SSSR count). The second-order valence-electron chi connectivity index (χ2n) is 7.31. The van der Waals surface area contributed by atoms with Crippen molar-refractivity contribution in [2.24, 2.45) is 5.73 Å². The van der Waals surface area contributed by atoms with Gasteiger partial charge < -0.3 is 10.3 Å². The third kappa shape index (κ3) is 2.91. The third-order valence-corrected chi connectivity index (χ3v) is 5.17. The van der Waals surface area contributed by atoms with Gasteiger partial charge in [0.25, 0.3) is 0 Å². The van der Waals surface area contributed by atoms with Gasteiger partial charge in [0, 0.05) is 22.9 Å². The van der Waals surface area contributed by atoms with E-state index in [4.69, 9.17) is 11.0 Å². The highest BCUT2D eigenvalue weighted by Gasteiger charge is 2.17. The number of fused-ring (bicyclic) bond motifs is 3. The summed E-state index contributed by atoms with van der Waals surface area (Å²) >= 11 is 0. The first kappa shape index (κ1) is 17.8. The molecule has 4 aromatic rings. The Balaban J connectivity index is 2.00. The Morgan fingerprint density at radius 3 is 2.57 bits per heavy atom. The fraction of sp³-hybridized carbons (Fsp3) is 0.167. The van der Waals surface area contributed by atoms with Crippen molar-refractivity contribution >= 4 is 27.7 Å². The van der Waals surface area contributed by atoms with Crippen LogP contribution < -0.4 is 5.73 Å². The number of carbonyl (C=O) groups excluding carboxylic acids is 1. The molecule has 0 aliphatic carbocycles. The number of amides is 1. The van der Waals surface area contributed by atoms with Gasteiger partial charge in [-0.2, -0.15) is 5.26 Å². The minimum absolute atomic E-state index is 0.373. The molecule has 0 saturated heterocycles. The molecular formula is C24H20N3O. The van der Waals surface area contributed by atoms with Gasteiger partial charge in [-0.3, -0.25) is 4.79 Å². The smallest absolute Gasteiger partial charge is 0.249 e. The molecule has 0 aliphatic rings. The van der Waals surface area contributed by atoms with E-state index in [1.54, 1.807) is 6.07 Å². The van der Waals surface area contributed by atoms with Crippen molar-refractivity contribution in [3.8, 4) is 6.07 Å². The molecule has 0 saturated carbocycles. The summed E-state index contributed by atoms with van der Waals surface area (Å²) in [5.74, 6) is -0.0676. The lowest BCUT2D eigenvalue weighted by Crippen LogP contribution is -2.11. The van der Waals surface area contributed by atoms with Crippen LogP contribution in [0.1, 0.15) is 46.8 Å². The summed E-state index contributed by atoms with van der Waals surface area (Å²) in [5.41, 5.74) is 11.0. The summed E-state index contributed by atoms with van der Waals surface area (Å²) < 4.78 is 2.20. The number of primary amides is 1. The Bertz CT molecular complexity index is 1240. The van der Waals surface area contributed by atoms with Gasteiger partial charge in [0.1, 0.15) is 0 Å². The van der Waals surface area contributed by atoms with Crippen molar-refractivity contribution in [2.75, 3.05) is 0 Å². The predicted octanol–water partition coefficient (Wildman–Crippen LogP) is 4.74. The van der Waals surface area contributed by atoms with Crippen LogP contribution in [0.2, 0.25) is 0 Å². The fourth-order valence-electron chi connectivity index (χ4n) is 3.65. The highest BCUT2D eigenvalue weighted by molar-refractivity contribution is 6.17. The Labute approximate surface area is 163 Å². The lowest BCUT2D eigenvalue weighted by atomic mass is 10.00. The van der Waals surface area contributed by atoms with Gasteiger partial charge in [-0.15, -0.1) is 0 Å². The summed E-state index contributed by atoms with van der Waals surface area (Å²) in [6.07, 6.45) is 0. The Kier molecular flexibility index (Phi) is 4.37. The average Bonchev–Trinajstić information content (AvgIpc) is 3.01. The van der Waals surface area contributed by atoms with Gasteiger partial charge in [0.05, 0.1) is 22.7 Å². The van der Waals surface area contributed by atoms with Gasteiger partial charge in [-0.1, -0.05) is 38.1 Å².